The molecule has 0 N–H and O–H groups in total. The highest BCUT2D eigenvalue weighted by atomic mass is 16.5. The Morgan fingerprint density at radius 2 is 2.18 bits per heavy atom. The molecule has 64 valence electrons. The molecule has 0 aromatic carbocycles. The summed E-state index contributed by atoms with van der Waals surface area (Å²) < 4.78 is 4.42. The maximum Gasteiger partial charge on any atom is 0.429 e. The number of hydrogen-bond acceptors (Lipinski definition) is 3. The first-order valence-corrected chi connectivity index (χ1v) is 3.43. The van der Waals surface area contributed by atoms with Crippen molar-refractivity contribution in [2.45, 2.75) is 13.8 Å². The average Bonchev–Trinajstić information content (AvgIpc) is 1.98. The third kappa shape index (κ3) is 4.36. The molecule has 0 aromatic rings. The van der Waals surface area contributed by atoms with E-state index in [0.29, 0.717) is 5.92 Å². The van der Waals surface area contributed by atoms with Crippen LogP contribution in [0.1, 0.15) is 13.8 Å². The quantitative estimate of drug-likeness (QED) is 0.449. The van der Waals surface area contributed by atoms with Gasteiger partial charge < -0.3 is 4.74 Å². The number of carbonyl (C=O) groups excluding carboxylic acids is 1. The Morgan fingerprint density at radius 3 is 2.55 bits per heavy atom. The van der Waals surface area contributed by atoms with Gasteiger partial charge in [-0.3, -0.25) is 0 Å². The summed E-state index contributed by atoms with van der Waals surface area (Å²) in [4.78, 5) is 10.7. The lowest BCUT2D eigenvalue weighted by Gasteiger charge is -2.08. The molecule has 0 aromatic heterocycles. The van der Waals surface area contributed by atoms with Crippen LogP contribution in [0.3, 0.4) is 0 Å². The molecule has 0 rings (SSSR count). The van der Waals surface area contributed by atoms with Gasteiger partial charge in [-0.15, -0.1) is 0 Å². The second-order valence-corrected chi connectivity index (χ2v) is 2.50. The summed E-state index contributed by atoms with van der Waals surface area (Å²) in [6, 6.07) is 0. The van der Waals surface area contributed by atoms with Crippen LogP contribution in [0.4, 0.5) is 4.79 Å². The lowest BCUT2D eigenvalue weighted by Crippen LogP contribution is -2.21. The second kappa shape index (κ2) is 4.71. The molecule has 1 amide bonds. The number of hydrogen-bond donors (Lipinski definition) is 0. The first-order valence-electron chi connectivity index (χ1n) is 3.43. The van der Waals surface area contributed by atoms with Gasteiger partial charge in [0.15, 0.2) is 0 Å². The van der Waals surface area contributed by atoms with Gasteiger partial charge in [0.25, 0.3) is 0 Å². The van der Waals surface area contributed by atoms with Crippen LogP contribution in [-0.2, 0) is 4.74 Å². The van der Waals surface area contributed by atoms with Gasteiger partial charge in [0.05, 0.1) is 7.11 Å². The zero-order chi connectivity index (χ0) is 8.85. The maximum atomic E-state index is 10.7. The fourth-order valence-corrected chi connectivity index (χ4v) is 0.413. The Hall–Kier alpha value is -1.06. The van der Waals surface area contributed by atoms with Crippen molar-refractivity contribution in [1.82, 2.24) is 5.01 Å². The van der Waals surface area contributed by atoms with Gasteiger partial charge in [-0.2, -0.15) is 5.10 Å². The summed E-state index contributed by atoms with van der Waals surface area (Å²) in [7, 11) is 2.87. The van der Waals surface area contributed by atoms with Crippen molar-refractivity contribution in [3.8, 4) is 0 Å². The van der Waals surface area contributed by atoms with Crippen molar-refractivity contribution in [2.75, 3.05) is 14.2 Å². The molecule has 0 spiro atoms. The summed E-state index contributed by atoms with van der Waals surface area (Å²) in [6.07, 6.45) is 1.22. The Bertz CT molecular complexity index is 155. The number of carbonyl (C=O) groups is 1. The molecule has 0 fully saturated rings. The number of rotatable bonds is 2. The fraction of sp³-hybridized carbons (Fsp3) is 0.714. The van der Waals surface area contributed by atoms with Gasteiger partial charge in [-0.25, -0.2) is 9.80 Å². The molecule has 4 nitrogen and oxygen atoms in total. The lowest BCUT2D eigenvalue weighted by molar-refractivity contribution is 0.135. The van der Waals surface area contributed by atoms with Crippen molar-refractivity contribution in [3.05, 3.63) is 0 Å². The normalized spacial score (nSPS) is 10.6. The first kappa shape index (κ1) is 9.94. The Balaban J connectivity index is 3.86. The predicted molar refractivity (Wildman–Crippen MR) is 43.5 cm³/mol. The highest BCUT2D eigenvalue weighted by Gasteiger charge is 2.03. The minimum atomic E-state index is -0.457. The molecule has 4 heteroatoms. The minimum Gasteiger partial charge on any atom is -0.451 e. The zero-order valence-corrected chi connectivity index (χ0v) is 7.37. The SMILES string of the molecule is COC(=O)N(C)/N=C/C(C)C. The van der Waals surface area contributed by atoms with Gasteiger partial charge >= 0.3 is 6.09 Å². The monoisotopic (exact) mass is 158 g/mol. The van der Waals surface area contributed by atoms with E-state index in [-0.39, 0.29) is 0 Å². The van der Waals surface area contributed by atoms with Crippen LogP contribution in [0.2, 0.25) is 0 Å². The number of amides is 1. The van der Waals surface area contributed by atoms with E-state index in [1.807, 2.05) is 13.8 Å². The number of ether oxygens (including phenoxy) is 1. The van der Waals surface area contributed by atoms with Crippen LogP contribution >= 0.6 is 0 Å². The third-order valence-corrected chi connectivity index (χ3v) is 0.977. The van der Waals surface area contributed by atoms with Crippen LogP contribution in [0.5, 0.6) is 0 Å². The summed E-state index contributed by atoms with van der Waals surface area (Å²) >= 11 is 0. The Kier molecular flexibility index (Phi) is 4.26. The molecule has 0 aliphatic rings. The van der Waals surface area contributed by atoms with Crippen molar-refractivity contribution >= 4 is 12.3 Å². The molecule has 0 unspecified atom stereocenters. The van der Waals surface area contributed by atoms with Gasteiger partial charge in [0.2, 0.25) is 0 Å². The molecule has 0 saturated carbocycles. The average molecular weight is 158 g/mol. The predicted octanol–water partition coefficient (Wildman–Crippen LogP) is 1.33. The smallest absolute Gasteiger partial charge is 0.429 e. The van der Waals surface area contributed by atoms with E-state index in [1.165, 1.54) is 7.11 Å². The van der Waals surface area contributed by atoms with Gasteiger partial charge in [-0.1, -0.05) is 13.8 Å². The van der Waals surface area contributed by atoms with Crippen molar-refractivity contribution in [1.29, 1.82) is 0 Å². The molecule has 11 heavy (non-hydrogen) atoms. The zero-order valence-electron chi connectivity index (χ0n) is 7.37. The van der Waals surface area contributed by atoms with Crippen molar-refractivity contribution in [2.24, 2.45) is 11.0 Å². The molecule has 0 aliphatic carbocycles. The third-order valence-electron chi connectivity index (χ3n) is 0.977. The van der Waals surface area contributed by atoms with E-state index < -0.39 is 6.09 Å². The summed E-state index contributed by atoms with van der Waals surface area (Å²) in [5.41, 5.74) is 0. The standard InChI is InChI=1S/C7H14N2O2/c1-6(2)5-8-9(3)7(10)11-4/h5-6H,1-4H3/b8-5+. The molecule has 0 aliphatic heterocycles. The Morgan fingerprint density at radius 1 is 1.64 bits per heavy atom. The number of methoxy groups -OCH3 is 1. The molecular formula is C7H14N2O2. The van der Waals surface area contributed by atoms with E-state index in [0.717, 1.165) is 5.01 Å². The fourth-order valence-electron chi connectivity index (χ4n) is 0.413. The van der Waals surface area contributed by atoms with Crippen LogP contribution in [0, 0.1) is 5.92 Å². The molecule has 0 bridgehead atoms. The van der Waals surface area contributed by atoms with Gasteiger partial charge in [-0.05, 0) is 5.92 Å². The molecule has 0 saturated heterocycles. The van der Waals surface area contributed by atoms with Crippen molar-refractivity contribution < 1.29 is 9.53 Å². The first-order chi connectivity index (χ1) is 5.07. The van der Waals surface area contributed by atoms with Crippen LogP contribution < -0.4 is 0 Å². The van der Waals surface area contributed by atoms with Gasteiger partial charge in [0.1, 0.15) is 0 Å². The molecule has 0 radical (unpaired) electrons. The maximum absolute atomic E-state index is 10.7. The number of hydrazone groups is 1. The van der Waals surface area contributed by atoms with E-state index in [1.54, 1.807) is 13.3 Å². The largest absolute Gasteiger partial charge is 0.451 e. The van der Waals surface area contributed by atoms with Crippen molar-refractivity contribution in [3.63, 3.8) is 0 Å². The molecule has 0 atom stereocenters. The van der Waals surface area contributed by atoms with E-state index in [4.69, 9.17) is 0 Å². The topological polar surface area (TPSA) is 41.9 Å². The summed E-state index contributed by atoms with van der Waals surface area (Å²) in [6.45, 7) is 3.96. The van der Waals surface area contributed by atoms with Gasteiger partial charge in [0, 0.05) is 13.3 Å². The summed E-state index contributed by atoms with van der Waals surface area (Å²) in [5, 5.41) is 4.98. The number of nitrogens with zero attached hydrogens (tertiary/aromatic N) is 2. The van der Waals surface area contributed by atoms with E-state index in [2.05, 4.69) is 9.84 Å². The minimum absolute atomic E-state index is 0.335. The summed E-state index contributed by atoms with van der Waals surface area (Å²) in [5.74, 6) is 0.335. The highest BCUT2D eigenvalue weighted by Crippen LogP contribution is 1.91. The van der Waals surface area contributed by atoms with Crippen LogP contribution in [-0.4, -0.2) is 31.5 Å². The second-order valence-electron chi connectivity index (χ2n) is 2.50. The van der Waals surface area contributed by atoms with Crippen LogP contribution in [0.15, 0.2) is 5.10 Å². The van der Waals surface area contributed by atoms with Crippen LogP contribution in [0.25, 0.3) is 0 Å². The lowest BCUT2D eigenvalue weighted by atomic mass is 10.3. The Labute approximate surface area is 66.8 Å². The van der Waals surface area contributed by atoms with E-state index >= 15 is 0 Å². The molecule has 0 heterocycles. The highest BCUT2D eigenvalue weighted by molar-refractivity contribution is 5.69. The van der Waals surface area contributed by atoms with E-state index in [9.17, 15) is 4.79 Å². The molecular weight excluding hydrogens is 144 g/mol.